The molecule has 0 radical (unpaired) electrons. The predicted molar refractivity (Wildman–Crippen MR) is 72.3 cm³/mol. The summed E-state index contributed by atoms with van der Waals surface area (Å²) in [5.74, 6) is 0.0562. The van der Waals surface area contributed by atoms with Crippen molar-refractivity contribution < 1.29 is 19.4 Å². The van der Waals surface area contributed by atoms with Crippen molar-refractivity contribution >= 4 is 17.6 Å². The SMILES string of the molecule is COc1cc(C(C)C(=O)O)cc(Cl)c1OCC1CC1. The lowest BCUT2D eigenvalue weighted by molar-refractivity contribution is -0.138. The Bertz CT molecular complexity index is 483. The summed E-state index contributed by atoms with van der Waals surface area (Å²) >= 11 is 6.17. The Balaban J connectivity index is 2.25. The molecule has 0 heterocycles. The maximum atomic E-state index is 11.0. The molecule has 1 atom stereocenters. The fraction of sp³-hybridized carbons (Fsp3) is 0.500. The van der Waals surface area contributed by atoms with E-state index in [4.69, 9.17) is 26.2 Å². The van der Waals surface area contributed by atoms with Crippen LogP contribution >= 0.6 is 11.6 Å². The van der Waals surface area contributed by atoms with Gasteiger partial charge in [-0.25, -0.2) is 0 Å². The minimum Gasteiger partial charge on any atom is -0.493 e. The summed E-state index contributed by atoms with van der Waals surface area (Å²) in [6, 6.07) is 3.30. The summed E-state index contributed by atoms with van der Waals surface area (Å²) in [5.41, 5.74) is 0.605. The van der Waals surface area contributed by atoms with E-state index >= 15 is 0 Å². The molecule has 0 aliphatic heterocycles. The highest BCUT2D eigenvalue weighted by Gasteiger charge is 2.24. The van der Waals surface area contributed by atoms with Crippen LogP contribution in [0.15, 0.2) is 12.1 Å². The molecular formula is C14H17ClO4. The third-order valence-corrected chi connectivity index (χ3v) is 3.56. The van der Waals surface area contributed by atoms with Gasteiger partial charge in [0.25, 0.3) is 0 Å². The number of ether oxygens (including phenoxy) is 2. The van der Waals surface area contributed by atoms with Gasteiger partial charge in [-0.05, 0) is 43.4 Å². The normalized spacial score (nSPS) is 15.9. The zero-order valence-electron chi connectivity index (χ0n) is 11.0. The number of benzene rings is 1. The maximum Gasteiger partial charge on any atom is 0.310 e. The fourth-order valence-electron chi connectivity index (χ4n) is 1.76. The molecule has 0 amide bonds. The average Bonchev–Trinajstić information content (AvgIpc) is 3.19. The van der Waals surface area contributed by atoms with E-state index in [0.29, 0.717) is 34.6 Å². The quantitative estimate of drug-likeness (QED) is 0.870. The van der Waals surface area contributed by atoms with Gasteiger partial charge in [0, 0.05) is 0 Å². The first-order chi connectivity index (χ1) is 9.02. The Labute approximate surface area is 117 Å². The van der Waals surface area contributed by atoms with Crippen molar-refractivity contribution in [2.24, 2.45) is 5.92 Å². The van der Waals surface area contributed by atoms with Crippen LogP contribution in [-0.4, -0.2) is 24.8 Å². The first-order valence-electron chi connectivity index (χ1n) is 6.26. The number of carbonyl (C=O) groups is 1. The largest absolute Gasteiger partial charge is 0.493 e. The van der Waals surface area contributed by atoms with Gasteiger partial charge < -0.3 is 14.6 Å². The molecule has 1 aromatic rings. The van der Waals surface area contributed by atoms with Gasteiger partial charge in [-0.15, -0.1) is 0 Å². The molecule has 2 rings (SSSR count). The molecule has 1 aromatic carbocycles. The first kappa shape index (κ1) is 14.0. The summed E-state index contributed by atoms with van der Waals surface area (Å²) < 4.78 is 10.9. The van der Waals surface area contributed by atoms with Crippen LogP contribution in [0.5, 0.6) is 11.5 Å². The topological polar surface area (TPSA) is 55.8 Å². The van der Waals surface area contributed by atoms with Crippen molar-refractivity contribution in [1.29, 1.82) is 0 Å². The van der Waals surface area contributed by atoms with Crippen molar-refractivity contribution in [3.8, 4) is 11.5 Å². The number of carboxylic acids is 1. The van der Waals surface area contributed by atoms with Crippen molar-refractivity contribution in [3.05, 3.63) is 22.7 Å². The third kappa shape index (κ3) is 3.32. The second kappa shape index (κ2) is 5.70. The lowest BCUT2D eigenvalue weighted by Gasteiger charge is -2.15. The van der Waals surface area contributed by atoms with Crippen molar-refractivity contribution in [2.75, 3.05) is 13.7 Å². The van der Waals surface area contributed by atoms with Crippen LogP contribution in [0.2, 0.25) is 5.02 Å². The van der Waals surface area contributed by atoms with Crippen molar-refractivity contribution in [1.82, 2.24) is 0 Å². The minimum absolute atomic E-state index is 0.392. The van der Waals surface area contributed by atoms with Gasteiger partial charge >= 0.3 is 5.97 Å². The molecule has 0 bridgehead atoms. The first-order valence-corrected chi connectivity index (χ1v) is 6.63. The summed E-state index contributed by atoms with van der Waals surface area (Å²) in [4.78, 5) is 11.0. The smallest absolute Gasteiger partial charge is 0.310 e. The predicted octanol–water partition coefficient (Wildman–Crippen LogP) is 3.33. The van der Waals surface area contributed by atoms with E-state index in [1.807, 2.05) is 0 Å². The Hall–Kier alpha value is -1.42. The average molecular weight is 285 g/mol. The molecule has 1 aliphatic rings. The molecule has 1 fully saturated rings. The van der Waals surface area contributed by atoms with E-state index in [9.17, 15) is 4.79 Å². The minimum atomic E-state index is -0.898. The molecular weight excluding hydrogens is 268 g/mol. The molecule has 0 aromatic heterocycles. The van der Waals surface area contributed by atoms with E-state index in [1.54, 1.807) is 19.1 Å². The number of methoxy groups -OCH3 is 1. The molecule has 1 saturated carbocycles. The van der Waals surface area contributed by atoms with Gasteiger partial charge in [-0.2, -0.15) is 0 Å². The van der Waals surface area contributed by atoms with Crippen molar-refractivity contribution in [3.63, 3.8) is 0 Å². The summed E-state index contributed by atoms with van der Waals surface area (Å²) in [6.07, 6.45) is 2.38. The fourth-order valence-corrected chi connectivity index (χ4v) is 2.03. The number of rotatable bonds is 6. The Morgan fingerprint density at radius 1 is 1.53 bits per heavy atom. The van der Waals surface area contributed by atoms with Gasteiger partial charge in [0.15, 0.2) is 11.5 Å². The lowest BCUT2D eigenvalue weighted by atomic mass is 10.0. The maximum absolute atomic E-state index is 11.0. The highest BCUT2D eigenvalue weighted by molar-refractivity contribution is 6.32. The van der Waals surface area contributed by atoms with E-state index in [1.165, 1.54) is 20.0 Å². The van der Waals surface area contributed by atoms with Crippen molar-refractivity contribution in [2.45, 2.75) is 25.7 Å². The van der Waals surface area contributed by atoms with Crippen LogP contribution < -0.4 is 9.47 Å². The van der Waals surface area contributed by atoms with Crippen LogP contribution in [0.1, 0.15) is 31.2 Å². The molecule has 1 unspecified atom stereocenters. The van der Waals surface area contributed by atoms with Crippen LogP contribution in [0.3, 0.4) is 0 Å². The zero-order valence-corrected chi connectivity index (χ0v) is 11.7. The highest BCUT2D eigenvalue weighted by atomic mass is 35.5. The molecule has 104 valence electrons. The van der Waals surface area contributed by atoms with E-state index in [-0.39, 0.29) is 0 Å². The van der Waals surface area contributed by atoms with E-state index in [2.05, 4.69) is 0 Å². The molecule has 19 heavy (non-hydrogen) atoms. The molecule has 0 saturated heterocycles. The summed E-state index contributed by atoms with van der Waals surface area (Å²) in [7, 11) is 1.52. The molecule has 4 nitrogen and oxygen atoms in total. The van der Waals surface area contributed by atoms with Crippen LogP contribution in [0, 0.1) is 5.92 Å². The molecule has 1 N–H and O–H groups in total. The van der Waals surface area contributed by atoms with Crippen LogP contribution in [0.25, 0.3) is 0 Å². The number of hydrogen-bond donors (Lipinski definition) is 1. The Kier molecular flexibility index (Phi) is 4.20. The zero-order chi connectivity index (χ0) is 14.0. The van der Waals surface area contributed by atoms with Crippen LogP contribution in [-0.2, 0) is 4.79 Å². The lowest BCUT2D eigenvalue weighted by Crippen LogP contribution is -2.08. The van der Waals surface area contributed by atoms with Gasteiger partial charge in [-0.1, -0.05) is 11.6 Å². The Morgan fingerprint density at radius 3 is 2.74 bits per heavy atom. The Morgan fingerprint density at radius 2 is 2.21 bits per heavy atom. The molecule has 0 spiro atoms. The molecule has 1 aliphatic carbocycles. The second-order valence-corrected chi connectivity index (χ2v) is 5.26. The van der Waals surface area contributed by atoms with Gasteiger partial charge in [0.05, 0.1) is 24.7 Å². The van der Waals surface area contributed by atoms with Gasteiger partial charge in [0.2, 0.25) is 0 Å². The third-order valence-electron chi connectivity index (χ3n) is 3.28. The van der Waals surface area contributed by atoms with E-state index < -0.39 is 11.9 Å². The number of halogens is 1. The van der Waals surface area contributed by atoms with Gasteiger partial charge in [0.1, 0.15) is 0 Å². The number of carboxylic acid groups (broad SMARTS) is 1. The number of aliphatic carboxylic acids is 1. The number of hydrogen-bond acceptors (Lipinski definition) is 3. The van der Waals surface area contributed by atoms with Gasteiger partial charge in [-0.3, -0.25) is 4.79 Å². The monoisotopic (exact) mass is 284 g/mol. The molecule has 5 heteroatoms. The van der Waals surface area contributed by atoms with Crippen LogP contribution in [0.4, 0.5) is 0 Å². The van der Waals surface area contributed by atoms with E-state index in [0.717, 1.165) is 0 Å². The summed E-state index contributed by atoms with van der Waals surface area (Å²) in [5, 5.41) is 9.42. The second-order valence-electron chi connectivity index (χ2n) is 4.85. The summed E-state index contributed by atoms with van der Waals surface area (Å²) in [6.45, 7) is 2.24. The highest BCUT2D eigenvalue weighted by Crippen LogP contribution is 2.40. The standard InChI is InChI=1S/C14H17ClO4/c1-8(14(16)17)10-5-11(15)13(12(6-10)18-2)19-7-9-3-4-9/h5-6,8-9H,3-4,7H2,1-2H3,(H,16,17).